The van der Waals surface area contributed by atoms with Gasteiger partial charge >= 0.3 is 13.2 Å². The minimum Gasteiger partial charge on any atom is -0.431 e. The predicted octanol–water partition coefficient (Wildman–Crippen LogP) is 3.38. The number of nitrogens with zero attached hydrogens (tertiary/aromatic N) is 1. The van der Waals surface area contributed by atoms with Crippen molar-refractivity contribution in [2.24, 2.45) is 0 Å². The Bertz CT molecular complexity index is 616. The second kappa shape index (κ2) is 6.99. The lowest BCUT2D eigenvalue weighted by Crippen LogP contribution is -2.47. The van der Waals surface area contributed by atoms with Crippen molar-refractivity contribution in [2.75, 3.05) is 13.6 Å². The lowest BCUT2D eigenvalue weighted by Gasteiger charge is -2.43. The van der Waals surface area contributed by atoms with Gasteiger partial charge in [-0.3, -0.25) is 0 Å². The third kappa shape index (κ3) is 3.55. The van der Waals surface area contributed by atoms with Crippen LogP contribution in [0, 0.1) is 0 Å². The van der Waals surface area contributed by atoms with Crippen molar-refractivity contribution in [3.8, 4) is 11.5 Å². The number of aliphatic hydroxyl groups is 1. The highest BCUT2D eigenvalue weighted by molar-refractivity contribution is 5.46. The highest BCUT2D eigenvalue weighted by Gasteiger charge is 2.50. The third-order valence-corrected chi connectivity index (χ3v) is 5.45. The maximum Gasteiger partial charge on any atom is 0.387 e. The van der Waals surface area contributed by atoms with Crippen LogP contribution in [0.25, 0.3) is 0 Å². The van der Waals surface area contributed by atoms with Gasteiger partial charge in [-0.2, -0.15) is 17.6 Å². The average Bonchev–Trinajstić information content (AvgIpc) is 2.86. The number of benzene rings is 1. The SMILES string of the molecule is CN1CC[C@]2(c3ccc(OC(F)F)c(OC(F)F)c3)CC[C@H](O)C[C@H]12. The molecule has 1 saturated carbocycles. The molecule has 2 fully saturated rings. The summed E-state index contributed by atoms with van der Waals surface area (Å²) >= 11 is 0. The van der Waals surface area contributed by atoms with Crippen LogP contribution in [0.2, 0.25) is 0 Å². The van der Waals surface area contributed by atoms with Crippen molar-refractivity contribution in [1.82, 2.24) is 4.90 Å². The fraction of sp³-hybridized carbons (Fsp3) is 0.647. The molecule has 1 aliphatic carbocycles. The molecule has 8 heteroatoms. The standard InChI is InChI=1S/C17H21F4NO3/c1-22-7-6-17(5-4-11(23)9-14(17)22)10-2-3-12(24-15(18)19)13(8-10)25-16(20)21/h2-3,8,11,14-16,23H,4-7,9H2,1H3/t11-,14-,17-/m0/s1. The number of likely N-dealkylation sites (tertiary alicyclic amines) is 1. The fourth-order valence-corrected chi connectivity index (χ4v) is 4.30. The largest absolute Gasteiger partial charge is 0.431 e. The van der Waals surface area contributed by atoms with Crippen LogP contribution in [0.3, 0.4) is 0 Å². The zero-order chi connectivity index (χ0) is 18.2. The summed E-state index contributed by atoms with van der Waals surface area (Å²) in [6.45, 7) is -5.44. The average molecular weight is 363 g/mol. The Labute approximate surface area is 143 Å². The molecule has 0 unspecified atom stereocenters. The summed E-state index contributed by atoms with van der Waals surface area (Å²) in [6.07, 6.45) is 2.33. The van der Waals surface area contributed by atoms with Gasteiger partial charge in [0, 0.05) is 11.5 Å². The van der Waals surface area contributed by atoms with Gasteiger partial charge < -0.3 is 19.5 Å². The maximum absolute atomic E-state index is 12.7. The fourth-order valence-electron chi connectivity index (χ4n) is 4.30. The highest BCUT2D eigenvalue weighted by Crippen LogP contribution is 2.50. The number of fused-ring (bicyclic) bond motifs is 1. The van der Waals surface area contributed by atoms with Gasteiger partial charge in [0.2, 0.25) is 0 Å². The number of alkyl halides is 4. The van der Waals surface area contributed by atoms with E-state index >= 15 is 0 Å². The molecule has 1 saturated heterocycles. The van der Waals surface area contributed by atoms with Crippen LogP contribution in [0.5, 0.6) is 11.5 Å². The molecule has 1 heterocycles. The van der Waals surface area contributed by atoms with E-state index in [1.165, 1.54) is 12.1 Å². The van der Waals surface area contributed by atoms with E-state index in [4.69, 9.17) is 0 Å². The predicted molar refractivity (Wildman–Crippen MR) is 82.3 cm³/mol. The second-order valence-corrected chi connectivity index (χ2v) is 6.75. The Balaban J connectivity index is 1.98. The van der Waals surface area contributed by atoms with E-state index in [9.17, 15) is 22.7 Å². The number of rotatable bonds is 5. The van der Waals surface area contributed by atoms with Gasteiger partial charge in [0.05, 0.1) is 6.10 Å². The molecule has 0 radical (unpaired) electrons. The topological polar surface area (TPSA) is 41.9 Å². The van der Waals surface area contributed by atoms with E-state index in [1.807, 2.05) is 7.05 Å². The van der Waals surface area contributed by atoms with E-state index in [-0.39, 0.29) is 17.2 Å². The number of likely N-dealkylation sites (N-methyl/N-ethyl adjacent to an activating group) is 1. The minimum absolute atomic E-state index is 0.0671. The molecular formula is C17H21F4NO3. The summed E-state index contributed by atoms with van der Waals surface area (Å²) in [6, 6.07) is 4.35. The Morgan fingerprint density at radius 3 is 2.48 bits per heavy atom. The van der Waals surface area contributed by atoms with E-state index in [1.54, 1.807) is 6.07 Å². The van der Waals surface area contributed by atoms with Crippen molar-refractivity contribution >= 4 is 0 Å². The maximum atomic E-state index is 12.7. The van der Waals surface area contributed by atoms with E-state index in [0.717, 1.165) is 18.5 Å². The van der Waals surface area contributed by atoms with Crippen LogP contribution in [0.1, 0.15) is 31.2 Å². The van der Waals surface area contributed by atoms with Crippen molar-refractivity contribution in [3.05, 3.63) is 23.8 Å². The first-order chi connectivity index (χ1) is 11.8. The van der Waals surface area contributed by atoms with Gasteiger partial charge in [-0.25, -0.2) is 0 Å². The molecule has 4 nitrogen and oxygen atoms in total. The van der Waals surface area contributed by atoms with Crippen LogP contribution in [-0.2, 0) is 5.41 Å². The van der Waals surface area contributed by atoms with Gasteiger partial charge in [0.1, 0.15) is 0 Å². The number of aliphatic hydroxyl groups excluding tert-OH is 1. The van der Waals surface area contributed by atoms with Crippen LogP contribution < -0.4 is 9.47 Å². The third-order valence-electron chi connectivity index (χ3n) is 5.45. The Morgan fingerprint density at radius 1 is 1.12 bits per heavy atom. The summed E-state index contributed by atoms with van der Waals surface area (Å²) < 4.78 is 59.1. The Hall–Kier alpha value is -1.54. The molecule has 1 N–H and O–H groups in total. The molecule has 0 amide bonds. The van der Waals surface area contributed by atoms with Crippen molar-refractivity contribution in [2.45, 2.75) is 56.5 Å². The van der Waals surface area contributed by atoms with Gasteiger partial charge in [-0.15, -0.1) is 0 Å². The van der Waals surface area contributed by atoms with E-state index in [2.05, 4.69) is 14.4 Å². The molecular weight excluding hydrogens is 342 g/mol. The van der Waals surface area contributed by atoms with Crippen molar-refractivity contribution < 1.29 is 32.1 Å². The van der Waals surface area contributed by atoms with Crippen LogP contribution in [0.15, 0.2) is 18.2 Å². The molecule has 0 spiro atoms. The van der Waals surface area contributed by atoms with Gasteiger partial charge in [-0.05, 0) is 57.0 Å². The summed E-state index contributed by atoms with van der Waals surface area (Å²) in [5.41, 5.74) is 0.448. The summed E-state index contributed by atoms with van der Waals surface area (Å²) in [5.74, 6) is -0.796. The van der Waals surface area contributed by atoms with Crippen LogP contribution in [0.4, 0.5) is 17.6 Å². The van der Waals surface area contributed by atoms with Crippen molar-refractivity contribution in [3.63, 3.8) is 0 Å². The molecule has 0 bridgehead atoms. The molecule has 3 rings (SSSR count). The molecule has 2 aliphatic rings. The number of ether oxygens (including phenoxy) is 2. The molecule has 3 atom stereocenters. The van der Waals surface area contributed by atoms with E-state index in [0.29, 0.717) is 19.3 Å². The Morgan fingerprint density at radius 2 is 1.80 bits per heavy atom. The number of hydrogen-bond acceptors (Lipinski definition) is 4. The zero-order valence-corrected chi connectivity index (χ0v) is 13.8. The first-order valence-corrected chi connectivity index (χ1v) is 8.24. The summed E-state index contributed by atoms with van der Waals surface area (Å²) in [7, 11) is 1.97. The summed E-state index contributed by atoms with van der Waals surface area (Å²) in [5, 5.41) is 10.00. The normalized spacial score (nSPS) is 29.9. The summed E-state index contributed by atoms with van der Waals surface area (Å²) in [4.78, 5) is 2.15. The number of hydrogen-bond donors (Lipinski definition) is 1. The highest BCUT2D eigenvalue weighted by atomic mass is 19.3. The van der Waals surface area contributed by atoms with Gasteiger partial charge in [0.15, 0.2) is 11.5 Å². The van der Waals surface area contributed by atoms with Crippen LogP contribution in [-0.4, -0.2) is 49.0 Å². The lowest BCUT2D eigenvalue weighted by atomic mass is 9.65. The van der Waals surface area contributed by atoms with Crippen molar-refractivity contribution in [1.29, 1.82) is 0 Å². The first kappa shape index (κ1) is 18.3. The Kier molecular flexibility index (Phi) is 5.11. The lowest BCUT2D eigenvalue weighted by molar-refractivity contribution is -0.0693. The molecule has 1 aromatic carbocycles. The van der Waals surface area contributed by atoms with Crippen LogP contribution >= 0.6 is 0 Å². The minimum atomic E-state index is -3.14. The zero-order valence-electron chi connectivity index (χ0n) is 13.8. The second-order valence-electron chi connectivity index (χ2n) is 6.75. The smallest absolute Gasteiger partial charge is 0.387 e. The molecule has 0 aromatic heterocycles. The molecule has 1 aromatic rings. The molecule has 1 aliphatic heterocycles. The van der Waals surface area contributed by atoms with Gasteiger partial charge in [0.25, 0.3) is 0 Å². The quantitative estimate of drug-likeness (QED) is 0.815. The number of halogens is 4. The molecule has 25 heavy (non-hydrogen) atoms. The first-order valence-electron chi connectivity index (χ1n) is 8.24. The van der Waals surface area contributed by atoms with Gasteiger partial charge in [-0.1, -0.05) is 6.07 Å². The van der Waals surface area contributed by atoms with E-state index < -0.39 is 25.1 Å². The monoisotopic (exact) mass is 363 g/mol. The molecule has 140 valence electrons.